The molecule has 2 aliphatic rings. The number of aromatic hydroxyl groups is 3. The summed E-state index contributed by atoms with van der Waals surface area (Å²) in [6, 6.07) is 7.55. The normalized spacial score (nSPS) is 34.1. The number of aliphatic hydroxyl groups is 6. The molecule has 10 atom stereocenters. The van der Waals surface area contributed by atoms with Gasteiger partial charge < -0.3 is 64.6 Å². The average Bonchev–Trinajstić information content (AvgIpc) is 2.93. The van der Waals surface area contributed by atoms with Crippen molar-refractivity contribution in [2.45, 2.75) is 68.1 Å². The van der Waals surface area contributed by atoms with Crippen LogP contribution >= 0.6 is 0 Å². The number of phenols is 3. The highest BCUT2D eigenvalue weighted by Gasteiger charge is 2.51. The van der Waals surface area contributed by atoms with Gasteiger partial charge in [-0.2, -0.15) is 0 Å². The molecular formula is C27H30O14. The number of hydrogen-bond acceptors (Lipinski definition) is 14. The Labute approximate surface area is 231 Å². The lowest BCUT2D eigenvalue weighted by atomic mass is 9.89. The Kier molecular flexibility index (Phi) is 7.95. The van der Waals surface area contributed by atoms with Crippen LogP contribution in [0, 0.1) is 0 Å². The molecule has 1 aromatic heterocycles. The van der Waals surface area contributed by atoms with Gasteiger partial charge in [-0.15, -0.1) is 0 Å². The van der Waals surface area contributed by atoms with Crippen LogP contribution in [0.3, 0.4) is 0 Å². The largest absolute Gasteiger partial charge is 0.508 e. The van der Waals surface area contributed by atoms with Crippen LogP contribution in [-0.2, 0) is 14.2 Å². The topological polar surface area (TPSA) is 240 Å². The smallest absolute Gasteiger partial charge is 0.197 e. The van der Waals surface area contributed by atoms with Gasteiger partial charge in [-0.1, -0.05) is 0 Å². The molecule has 0 radical (unpaired) electrons. The Hall–Kier alpha value is -3.31. The summed E-state index contributed by atoms with van der Waals surface area (Å²) in [7, 11) is 0. The average molecular weight is 579 g/mol. The van der Waals surface area contributed by atoms with Crippen LogP contribution in [0.5, 0.6) is 17.2 Å². The molecule has 2 aromatic carbocycles. The molecular weight excluding hydrogens is 548 g/mol. The summed E-state index contributed by atoms with van der Waals surface area (Å²) < 4.78 is 22.7. The van der Waals surface area contributed by atoms with E-state index in [0.717, 1.165) is 12.1 Å². The monoisotopic (exact) mass is 578 g/mol. The van der Waals surface area contributed by atoms with Crippen molar-refractivity contribution in [2.75, 3.05) is 6.61 Å². The molecule has 5 rings (SSSR count). The molecule has 0 bridgehead atoms. The van der Waals surface area contributed by atoms with Crippen LogP contribution < -0.4 is 5.43 Å². The van der Waals surface area contributed by atoms with Gasteiger partial charge in [0.05, 0.1) is 18.3 Å². The maximum Gasteiger partial charge on any atom is 0.197 e. The SMILES string of the molecule is C[C@@H]1O[C@@H](O[C@H]2[C@H](O)[C@@H](O)[C@H](c3c(O)cc(O)c4c(=O)cc(-c5ccc(O)cc5)oc34)O[C@H]2CO)[C@@H](O)[C@H](O)[C@H]1O. The minimum Gasteiger partial charge on any atom is -0.508 e. The molecule has 3 aromatic rings. The zero-order valence-corrected chi connectivity index (χ0v) is 21.5. The molecule has 14 heteroatoms. The minimum atomic E-state index is -1.89. The van der Waals surface area contributed by atoms with Crippen molar-refractivity contribution < 1.29 is 64.6 Å². The number of hydrogen-bond donors (Lipinski definition) is 9. The highest BCUT2D eigenvalue weighted by molar-refractivity contribution is 5.89. The summed E-state index contributed by atoms with van der Waals surface area (Å²) in [5.74, 6) is -1.35. The first-order valence-electron chi connectivity index (χ1n) is 12.7. The van der Waals surface area contributed by atoms with Crippen LogP contribution in [-0.4, -0.2) is 108 Å². The van der Waals surface area contributed by atoms with Crippen LogP contribution in [0.4, 0.5) is 0 Å². The van der Waals surface area contributed by atoms with Crippen molar-refractivity contribution in [2.24, 2.45) is 0 Å². The summed E-state index contributed by atoms with van der Waals surface area (Å²) in [4.78, 5) is 13.0. The molecule has 3 heterocycles. The van der Waals surface area contributed by atoms with E-state index in [2.05, 4.69) is 0 Å². The van der Waals surface area contributed by atoms with Crippen molar-refractivity contribution in [3.05, 3.63) is 52.2 Å². The van der Waals surface area contributed by atoms with E-state index in [1.165, 1.54) is 31.2 Å². The van der Waals surface area contributed by atoms with Gasteiger partial charge >= 0.3 is 0 Å². The van der Waals surface area contributed by atoms with Gasteiger partial charge in [0.25, 0.3) is 0 Å². The van der Waals surface area contributed by atoms with E-state index in [9.17, 15) is 50.8 Å². The van der Waals surface area contributed by atoms with Gasteiger partial charge in [-0.3, -0.25) is 4.79 Å². The molecule has 222 valence electrons. The van der Waals surface area contributed by atoms with Crippen LogP contribution in [0.15, 0.2) is 45.6 Å². The molecule has 2 aliphatic heterocycles. The standard InChI is InChI=1S/C27H30O14/c1-9-19(33)20(34)23(37)27(38-9)41-24-16(8-28)40-26(22(36)21(24)35)18-13(31)6-12(30)17-14(32)7-15(39-25(17)18)10-2-4-11(29)5-3-10/h2-7,9,16,19-24,26-31,33-37H,8H2,1H3/t9-,16-,19-,20+,21+,22+,23-,24+,26-,27-/m0/s1. The maximum atomic E-state index is 13.0. The fourth-order valence-electron chi connectivity index (χ4n) is 5.14. The third-order valence-electron chi connectivity index (χ3n) is 7.40. The highest BCUT2D eigenvalue weighted by Crippen LogP contribution is 2.44. The zero-order valence-electron chi connectivity index (χ0n) is 21.5. The predicted octanol–water partition coefficient (Wildman–Crippen LogP) is -1.06. The molecule has 0 unspecified atom stereocenters. The molecule has 9 N–H and O–H groups in total. The van der Waals surface area contributed by atoms with Crippen molar-refractivity contribution in [1.82, 2.24) is 0 Å². The second-order valence-corrected chi connectivity index (χ2v) is 10.1. The Morgan fingerprint density at radius 3 is 2.17 bits per heavy atom. The van der Waals surface area contributed by atoms with Gasteiger partial charge in [0, 0.05) is 17.7 Å². The first-order chi connectivity index (χ1) is 19.4. The molecule has 2 saturated heterocycles. The van der Waals surface area contributed by atoms with E-state index in [0.29, 0.717) is 5.56 Å². The molecule has 14 nitrogen and oxygen atoms in total. The molecule has 0 amide bonds. The lowest BCUT2D eigenvalue weighted by Gasteiger charge is -2.46. The van der Waals surface area contributed by atoms with E-state index in [1.54, 1.807) is 0 Å². The number of rotatable bonds is 5. The van der Waals surface area contributed by atoms with E-state index in [4.69, 9.17) is 18.6 Å². The summed E-state index contributed by atoms with van der Waals surface area (Å²) in [5.41, 5.74) is -1.05. The van der Waals surface area contributed by atoms with Gasteiger partial charge in [0.15, 0.2) is 17.3 Å². The summed E-state index contributed by atoms with van der Waals surface area (Å²) in [6.07, 6.45) is -15.7. The second kappa shape index (κ2) is 11.2. The molecule has 0 aliphatic carbocycles. The maximum absolute atomic E-state index is 13.0. The summed E-state index contributed by atoms with van der Waals surface area (Å²) >= 11 is 0. The first-order valence-corrected chi connectivity index (χ1v) is 12.7. The fourth-order valence-corrected chi connectivity index (χ4v) is 5.14. The number of ether oxygens (including phenoxy) is 3. The van der Waals surface area contributed by atoms with Crippen molar-refractivity contribution >= 4 is 11.0 Å². The number of aliphatic hydroxyl groups excluding tert-OH is 6. The van der Waals surface area contributed by atoms with Gasteiger partial charge in [-0.05, 0) is 31.2 Å². The Bertz CT molecular complexity index is 1450. The number of fused-ring (bicyclic) bond motifs is 1. The van der Waals surface area contributed by atoms with Crippen LogP contribution in [0.25, 0.3) is 22.3 Å². The third kappa shape index (κ3) is 5.14. The van der Waals surface area contributed by atoms with E-state index >= 15 is 0 Å². The fraction of sp³-hybridized carbons (Fsp3) is 0.444. The van der Waals surface area contributed by atoms with Crippen LogP contribution in [0.2, 0.25) is 0 Å². The van der Waals surface area contributed by atoms with Crippen molar-refractivity contribution in [1.29, 1.82) is 0 Å². The highest BCUT2D eigenvalue weighted by atomic mass is 16.7. The minimum absolute atomic E-state index is 0.0159. The first kappa shape index (κ1) is 29.2. The van der Waals surface area contributed by atoms with Crippen LogP contribution in [0.1, 0.15) is 18.6 Å². The molecule has 0 spiro atoms. The summed E-state index contributed by atoms with van der Waals surface area (Å²) in [6.45, 7) is 0.616. The Morgan fingerprint density at radius 1 is 0.829 bits per heavy atom. The summed E-state index contributed by atoms with van der Waals surface area (Å²) in [5, 5.41) is 93.0. The number of phenolic OH excluding ortho intramolecular Hbond substituents is 3. The zero-order chi connectivity index (χ0) is 29.7. The van der Waals surface area contributed by atoms with Crippen molar-refractivity contribution in [3.63, 3.8) is 0 Å². The third-order valence-corrected chi connectivity index (χ3v) is 7.40. The quantitative estimate of drug-likeness (QED) is 0.175. The molecule has 2 fully saturated rings. The molecule has 41 heavy (non-hydrogen) atoms. The number of benzene rings is 2. The Morgan fingerprint density at radius 2 is 1.51 bits per heavy atom. The van der Waals surface area contributed by atoms with Crippen molar-refractivity contribution in [3.8, 4) is 28.6 Å². The van der Waals surface area contributed by atoms with Gasteiger partial charge in [0.1, 0.15) is 77.2 Å². The second-order valence-electron chi connectivity index (χ2n) is 10.1. The van der Waals surface area contributed by atoms with E-state index in [1.807, 2.05) is 0 Å². The predicted molar refractivity (Wildman–Crippen MR) is 137 cm³/mol. The lowest BCUT2D eigenvalue weighted by Crippen LogP contribution is -2.62. The van der Waals surface area contributed by atoms with Gasteiger partial charge in [0.2, 0.25) is 0 Å². The van der Waals surface area contributed by atoms with Gasteiger partial charge in [-0.25, -0.2) is 0 Å². The van der Waals surface area contributed by atoms with E-state index < -0.39 is 84.8 Å². The Balaban J connectivity index is 1.54. The van der Waals surface area contributed by atoms with E-state index in [-0.39, 0.29) is 28.0 Å². The lowest BCUT2D eigenvalue weighted by molar-refractivity contribution is -0.338. The molecule has 0 saturated carbocycles.